The Bertz CT molecular complexity index is 1330. The molecule has 1 heterocycles. The summed E-state index contributed by atoms with van der Waals surface area (Å²) < 4.78 is 72.3. The molecule has 3 aromatic rings. The molecule has 0 spiro atoms. The third-order valence-electron chi connectivity index (χ3n) is 7.73. The standard InChI is InChI=1S/C29H33F5N4O3/c1-27(2,3)18-5-4-6-19(14-18)28(9-7-22(38-40)8-10-28)35-16-24(39)23(13-17-11-20(30)15-21(31)12-17)25-36-37-26(41-25)29(32,33)34/h4-6,11-12,14-15,22-24,35,39H,7-10,13,16H2,1-3H3. The number of nitrogens with zero attached hydrogens (tertiary/aromatic N) is 3. The number of benzene rings is 2. The lowest BCUT2D eigenvalue weighted by molar-refractivity contribution is -0.157. The van der Waals surface area contributed by atoms with E-state index in [2.05, 4.69) is 47.5 Å². The number of rotatable bonds is 9. The van der Waals surface area contributed by atoms with Gasteiger partial charge in [0.05, 0.1) is 18.1 Å². The maximum Gasteiger partial charge on any atom is 0.470 e. The smallest absolute Gasteiger partial charge is 0.417 e. The predicted molar refractivity (Wildman–Crippen MR) is 141 cm³/mol. The lowest BCUT2D eigenvalue weighted by atomic mass is 9.73. The van der Waals surface area contributed by atoms with Gasteiger partial charge in [-0.3, -0.25) is 0 Å². The molecule has 0 aliphatic heterocycles. The topological polar surface area (TPSA) is 101 Å². The van der Waals surface area contributed by atoms with Crippen molar-refractivity contribution in [3.05, 3.63) is 87.5 Å². The third kappa shape index (κ3) is 7.34. The minimum atomic E-state index is -4.91. The van der Waals surface area contributed by atoms with E-state index in [0.717, 1.165) is 23.3 Å². The summed E-state index contributed by atoms with van der Waals surface area (Å²) in [7, 11) is 0. The van der Waals surface area contributed by atoms with E-state index in [4.69, 9.17) is 4.42 Å². The van der Waals surface area contributed by atoms with Crippen molar-refractivity contribution >= 4 is 0 Å². The maximum atomic E-state index is 13.9. The number of aliphatic hydroxyl groups excluding tert-OH is 1. The highest BCUT2D eigenvalue weighted by atomic mass is 19.4. The molecular weight excluding hydrogens is 547 g/mol. The van der Waals surface area contributed by atoms with Crippen LogP contribution in [0.25, 0.3) is 0 Å². The molecule has 2 unspecified atom stereocenters. The van der Waals surface area contributed by atoms with E-state index in [9.17, 15) is 32.0 Å². The van der Waals surface area contributed by atoms with Gasteiger partial charge in [-0.05, 0) is 66.3 Å². The van der Waals surface area contributed by atoms with Crippen molar-refractivity contribution in [3.8, 4) is 0 Å². The molecule has 222 valence electrons. The van der Waals surface area contributed by atoms with Crippen LogP contribution < -0.4 is 5.32 Å². The van der Waals surface area contributed by atoms with Crippen LogP contribution in [0.1, 0.15) is 80.8 Å². The zero-order chi connectivity index (χ0) is 30.0. The van der Waals surface area contributed by atoms with Crippen LogP contribution in [-0.2, 0) is 23.6 Å². The fourth-order valence-corrected chi connectivity index (χ4v) is 5.36. The van der Waals surface area contributed by atoms with Gasteiger partial charge in [0.25, 0.3) is 0 Å². The molecule has 2 aromatic carbocycles. The Hall–Kier alpha value is -3.25. The van der Waals surface area contributed by atoms with Crippen molar-refractivity contribution in [2.45, 2.75) is 88.1 Å². The van der Waals surface area contributed by atoms with Gasteiger partial charge in [0.1, 0.15) is 11.6 Å². The van der Waals surface area contributed by atoms with Gasteiger partial charge >= 0.3 is 12.1 Å². The number of halogens is 5. The first-order valence-corrected chi connectivity index (χ1v) is 13.4. The normalized spacial score (nSPS) is 21.4. The number of nitroso groups, excluding NO2 is 1. The van der Waals surface area contributed by atoms with E-state index < -0.39 is 47.2 Å². The molecule has 1 aliphatic rings. The third-order valence-corrected chi connectivity index (χ3v) is 7.73. The predicted octanol–water partition coefficient (Wildman–Crippen LogP) is 6.55. The van der Waals surface area contributed by atoms with Crippen molar-refractivity contribution in [2.24, 2.45) is 5.18 Å². The van der Waals surface area contributed by atoms with Crippen LogP contribution >= 0.6 is 0 Å². The molecule has 0 amide bonds. The molecule has 1 fully saturated rings. The lowest BCUT2D eigenvalue weighted by Gasteiger charge is -2.41. The van der Waals surface area contributed by atoms with Gasteiger partial charge in [-0.25, -0.2) is 8.78 Å². The van der Waals surface area contributed by atoms with E-state index in [0.29, 0.717) is 31.7 Å². The summed E-state index contributed by atoms with van der Waals surface area (Å²) in [6.45, 7) is 6.14. The minimum absolute atomic E-state index is 0.100. The Labute approximate surface area is 234 Å². The van der Waals surface area contributed by atoms with Crippen LogP contribution in [0.3, 0.4) is 0 Å². The molecule has 7 nitrogen and oxygen atoms in total. The van der Waals surface area contributed by atoms with Crippen molar-refractivity contribution in [3.63, 3.8) is 0 Å². The lowest BCUT2D eigenvalue weighted by Crippen LogP contribution is -2.49. The van der Waals surface area contributed by atoms with Gasteiger partial charge < -0.3 is 14.8 Å². The molecule has 12 heteroatoms. The Balaban J connectivity index is 1.65. The molecule has 1 aromatic heterocycles. The first kappa shape index (κ1) is 30.7. The van der Waals surface area contributed by atoms with Gasteiger partial charge in [0.15, 0.2) is 0 Å². The summed E-state index contributed by atoms with van der Waals surface area (Å²) in [5, 5.41) is 24.5. The summed E-state index contributed by atoms with van der Waals surface area (Å²) in [6, 6.07) is 10.4. The summed E-state index contributed by atoms with van der Waals surface area (Å²) in [4.78, 5) is 11.2. The molecule has 1 saturated carbocycles. The van der Waals surface area contributed by atoms with E-state index >= 15 is 0 Å². The molecule has 2 N–H and O–H groups in total. The van der Waals surface area contributed by atoms with Gasteiger partial charge in [-0.2, -0.15) is 18.1 Å². The molecule has 0 bridgehead atoms. The van der Waals surface area contributed by atoms with Crippen LogP contribution in [0.4, 0.5) is 22.0 Å². The van der Waals surface area contributed by atoms with Gasteiger partial charge in [0, 0.05) is 18.2 Å². The summed E-state index contributed by atoms with van der Waals surface area (Å²) in [6.07, 6.45) is -4.47. The second-order valence-corrected chi connectivity index (χ2v) is 11.7. The monoisotopic (exact) mass is 580 g/mol. The number of nitrogens with one attached hydrogen (secondary N) is 1. The van der Waals surface area contributed by atoms with E-state index in [1.807, 2.05) is 18.2 Å². The van der Waals surface area contributed by atoms with Crippen molar-refractivity contribution in [1.29, 1.82) is 0 Å². The fourth-order valence-electron chi connectivity index (χ4n) is 5.36. The van der Waals surface area contributed by atoms with Crippen LogP contribution in [-0.4, -0.2) is 34.0 Å². The van der Waals surface area contributed by atoms with Gasteiger partial charge in [0.2, 0.25) is 5.89 Å². The fraction of sp³-hybridized carbons (Fsp3) is 0.517. The van der Waals surface area contributed by atoms with E-state index in [-0.39, 0.29) is 30.0 Å². The van der Waals surface area contributed by atoms with Crippen molar-refractivity contribution in [1.82, 2.24) is 15.5 Å². The second-order valence-electron chi connectivity index (χ2n) is 11.7. The van der Waals surface area contributed by atoms with E-state index in [1.54, 1.807) is 0 Å². The first-order valence-electron chi connectivity index (χ1n) is 13.4. The molecule has 2 atom stereocenters. The van der Waals surface area contributed by atoms with Crippen molar-refractivity contribution in [2.75, 3.05) is 6.54 Å². The molecular formula is C29H33F5N4O3. The molecule has 0 radical (unpaired) electrons. The van der Waals surface area contributed by atoms with Crippen molar-refractivity contribution < 1.29 is 31.5 Å². The number of hydrogen-bond acceptors (Lipinski definition) is 7. The Morgan fingerprint density at radius 2 is 1.73 bits per heavy atom. The largest absolute Gasteiger partial charge is 0.470 e. The number of aromatic nitrogens is 2. The van der Waals surface area contributed by atoms with Crippen LogP contribution in [0.15, 0.2) is 52.1 Å². The summed E-state index contributed by atoms with van der Waals surface area (Å²) >= 11 is 0. The number of alkyl halides is 3. The van der Waals surface area contributed by atoms with Gasteiger partial charge in [-0.1, -0.05) is 50.2 Å². The second kappa shape index (κ2) is 11.9. The average molecular weight is 581 g/mol. The maximum absolute atomic E-state index is 13.9. The highest BCUT2D eigenvalue weighted by Crippen LogP contribution is 2.40. The molecule has 41 heavy (non-hydrogen) atoms. The molecule has 0 saturated heterocycles. The highest BCUT2D eigenvalue weighted by molar-refractivity contribution is 5.34. The summed E-state index contributed by atoms with van der Waals surface area (Å²) in [5.74, 6) is -5.04. The van der Waals surface area contributed by atoms with Crippen LogP contribution in [0.5, 0.6) is 0 Å². The Morgan fingerprint density at radius 3 is 2.29 bits per heavy atom. The zero-order valence-corrected chi connectivity index (χ0v) is 23.0. The first-order chi connectivity index (χ1) is 19.2. The Kier molecular flexibility index (Phi) is 8.93. The van der Waals surface area contributed by atoms with E-state index in [1.165, 1.54) is 0 Å². The Morgan fingerprint density at radius 1 is 1.07 bits per heavy atom. The molecule has 1 aliphatic carbocycles. The molecule has 4 rings (SSSR count). The number of aliphatic hydroxyl groups is 1. The highest BCUT2D eigenvalue weighted by Gasteiger charge is 2.41. The number of hydrogen-bond donors (Lipinski definition) is 2. The van der Waals surface area contributed by atoms with Crippen LogP contribution in [0, 0.1) is 16.5 Å². The quantitative estimate of drug-likeness (QED) is 0.220. The van der Waals surface area contributed by atoms with Gasteiger partial charge in [-0.15, -0.1) is 10.2 Å². The minimum Gasteiger partial charge on any atom is -0.417 e. The average Bonchev–Trinajstić information content (AvgIpc) is 3.41. The SMILES string of the molecule is CC(C)(C)c1cccc(C2(NCC(O)C(Cc3cc(F)cc(F)c3)c3nnc(C(F)(F)F)o3)CCC(N=O)CC2)c1. The zero-order valence-electron chi connectivity index (χ0n) is 23.0. The van der Waals surface area contributed by atoms with Crippen LogP contribution in [0.2, 0.25) is 0 Å². The summed E-state index contributed by atoms with van der Waals surface area (Å²) in [5.41, 5.74) is 1.33.